The first-order valence-corrected chi connectivity index (χ1v) is 9.25. The van der Waals surface area contributed by atoms with Crippen molar-refractivity contribution < 1.29 is 4.74 Å². The van der Waals surface area contributed by atoms with Crippen LogP contribution in [0.4, 0.5) is 0 Å². The fourth-order valence-corrected chi connectivity index (χ4v) is 3.07. The highest BCUT2D eigenvalue weighted by molar-refractivity contribution is 14.0. The maximum Gasteiger partial charge on any atom is 0.191 e. The maximum absolute atomic E-state index is 5.66. The van der Waals surface area contributed by atoms with Gasteiger partial charge in [0.15, 0.2) is 5.96 Å². The van der Waals surface area contributed by atoms with Gasteiger partial charge in [-0.1, -0.05) is 19.1 Å². The molecular weight excluding hydrogens is 445 g/mol. The molecule has 1 atom stereocenters. The number of hydrogen-bond donors (Lipinski definition) is 2. The molecule has 138 valence electrons. The van der Waals surface area contributed by atoms with E-state index >= 15 is 0 Å². The summed E-state index contributed by atoms with van der Waals surface area (Å²) in [5, 5.41) is 11.0. The predicted octanol–water partition coefficient (Wildman–Crippen LogP) is 4.62. The van der Waals surface area contributed by atoms with Crippen LogP contribution in [0, 0.1) is 0 Å². The van der Waals surface area contributed by atoms with Crippen molar-refractivity contribution in [3.05, 3.63) is 52.2 Å². The van der Waals surface area contributed by atoms with Gasteiger partial charge in [-0.05, 0) is 59.9 Å². The number of thiophene rings is 1. The molecule has 1 aromatic heterocycles. The Bertz CT molecular complexity index is 627. The molecule has 2 rings (SSSR count). The first-order chi connectivity index (χ1) is 11.6. The van der Waals surface area contributed by atoms with Crippen molar-refractivity contribution in [2.75, 3.05) is 13.6 Å². The van der Waals surface area contributed by atoms with Gasteiger partial charge in [-0.2, -0.15) is 11.3 Å². The highest BCUT2D eigenvalue weighted by atomic mass is 127. The van der Waals surface area contributed by atoms with Crippen LogP contribution in [0.1, 0.15) is 37.8 Å². The molecule has 4 nitrogen and oxygen atoms in total. The average molecular weight is 473 g/mol. The average Bonchev–Trinajstić information content (AvgIpc) is 3.10. The van der Waals surface area contributed by atoms with Crippen LogP contribution >= 0.6 is 35.3 Å². The van der Waals surface area contributed by atoms with Crippen LogP contribution in [0.5, 0.6) is 5.75 Å². The van der Waals surface area contributed by atoms with Gasteiger partial charge in [0.2, 0.25) is 0 Å². The summed E-state index contributed by atoms with van der Waals surface area (Å²) in [6.07, 6.45) is 0.196. The van der Waals surface area contributed by atoms with Crippen molar-refractivity contribution in [3.63, 3.8) is 0 Å². The quantitative estimate of drug-likeness (QED) is 0.351. The van der Waals surface area contributed by atoms with Crippen molar-refractivity contribution in [3.8, 4) is 5.75 Å². The zero-order valence-corrected chi connectivity index (χ0v) is 18.4. The zero-order valence-electron chi connectivity index (χ0n) is 15.3. The number of nitrogens with one attached hydrogen (secondary N) is 2. The van der Waals surface area contributed by atoms with Gasteiger partial charge in [0.1, 0.15) is 5.75 Å². The third kappa shape index (κ3) is 7.64. The van der Waals surface area contributed by atoms with E-state index in [4.69, 9.17) is 4.74 Å². The monoisotopic (exact) mass is 473 g/mol. The Kier molecular flexibility index (Phi) is 9.89. The summed E-state index contributed by atoms with van der Waals surface area (Å²) >= 11 is 1.74. The van der Waals surface area contributed by atoms with Crippen LogP contribution in [-0.4, -0.2) is 25.7 Å². The van der Waals surface area contributed by atoms with Gasteiger partial charge < -0.3 is 15.4 Å². The molecule has 0 spiro atoms. The summed E-state index contributed by atoms with van der Waals surface area (Å²) < 4.78 is 5.66. The lowest BCUT2D eigenvalue weighted by molar-refractivity contribution is 0.242. The largest absolute Gasteiger partial charge is 0.491 e. The first kappa shape index (κ1) is 21.8. The summed E-state index contributed by atoms with van der Waals surface area (Å²) in [7, 11) is 1.80. The molecule has 0 aliphatic carbocycles. The molecular formula is C19H28IN3OS. The van der Waals surface area contributed by atoms with Crippen molar-refractivity contribution in [2.45, 2.75) is 39.3 Å². The third-order valence-electron chi connectivity index (χ3n) is 3.67. The van der Waals surface area contributed by atoms with Gasteiger partial charge in [-0.15, -0.1) is 24.0 Å². The summed E-state index contributed by atoms with van der Waals surface area (Å²) in [6, 6.07) is 10.3. The summed E-state index contributed by atoms with van der Waals surface area (Å²) in [6.45, 7) is 7.87. The molecule has 1 unspecified atom stereocenters. The normalized spacial score (nSPS) is 12.4. The molecule has 1 heterocycles. The molecule has 25 heavy (non-hydrogen) atoms. The Labute approximate surface area is 172 Å². The standard InChI is InChI=1S/C19H27N3OS.HI/c1-14(2)23-18-7-5-16(6-8-18)12-22-19(20-4)21-11-15(3)17-9-10-24-13-17;/h5-10,13-15H,11-12H2,1-4H3,(H2,20,21,22);1H. The Morgan fingerprint density at radius 2 is 1.84 bits per heavy atom. The summed E-state index contributed by atoms with van der Waals surface area (Å²) in [4.78, 5) is 4.29. The molecule has 2 aromatic rings. The second kappa shape index (κ2) is 11.4. The van der Waals surface area contributed by atoms with Crippen molar-refractivity contribution in [1.82, 2.24) is 10.6 Å². The number of hydrogen-bond acceptors (Lipinski definition) is 3. The molecule has 0 amide bonds. The third-order valence-corrected chi connectivity index (χ3v) is 4.37. The molecule has 0 bridgehead atoms. The van der Waals surface area contributed by atoms with Gasteiger partial charge >= 0.3 is 0 Å². The number of ether oxygens (including phenoxy) is 1. The second-order valence-electron chi connectivity index (χ2n) is 6.07. The van der Waals surface area contributed by atoms with E-state index < -0.39 is 0 Å². The molecule has 0 fully saturated rings. The van der Waals surface area contributed by atoms with Crippen LogP contribution in [0.25, 0.3) is 0 Å². The molecule has 0 aliphatic rings. The van der Waals surface area contributed by atoms with Crippen LogP contribution in [0.3, 0.4) is 0 Å². The van der Waals surface area contributed by atoms with Gasteiger partial charge in [0.25, 0.3) is 0 Å². The fourth-order valence-electron chi connectivity index (χ4n) is 2.29. The van der Waals surface area contributed by atoms with E-state index in [2.05, 4.69) is 51.5 Å². The minimum atomic E-state index is 0. The number of rotatable bonds is 7. The van der Waals surface area contributed by atoms with Gasteiger partial charge in [-0.25, -0.2) is 0 Å². The zero-order chi connectivity index (χ0) is 17.4. The minimum Gasteiger partial charge on any atom is -0.491 e. The summed E-state index contributed by atoms with van der Waals surface area (Å²) in [5.41, 5.74) is 2.56. The van der Waals surface area contributed by atoms with E-state index in [1.165, 1.54) is 11.1 Å². The lowest BCUT2D eigenvalue weighted by Gasteiger charge is -2.16. The van der Waals surface area contributed by atoms with Crippen molar-refractivity contribution in [2.24, 2.45) is 4.99 Å². The van der Waals surface area contributed by atoms with Crippen molar-refractivity contribution in [1.29, 1.82) is 0 Å². The highest BCUT2D eigenvalue weighted by Gasteiger charge is 2.07. The van der Waals surface area contributed by atoms with Crippen molar-refractivity contribution >= 4 is 41.3 Å². The van der Waals surface area contributed by atoms with Crippen LogP contribution in [0.15, 0.2) is 46.1 Å². The molecule has 0 aliphatic heterocycles. The van der Waals surface area contributed by atoms with E-state index in [-0.39, 0.29) is 30.1 Å². The molecule has 0 saturated carbocycles. The molecule has 2 N–H and O–H groups in total. The Hall–Kier alpha value is -1.28. The van der Waals surface area contributed by atoms with Crippen LogP contribution in [0.2, 0.25) is 0 Å². The molecule has 0 saturated heterocycles. The lowest BCUT2D eigenvalue weighted by Crippen LogP contribution is -2.38. The number of benzene rings is 1. The van der Waals surface area contributed by atoms with Crippen LogP contribution < -0.4 is 15.4 Å². The minimum absolute atomic E-state index is 0. The van der Waals surface area contributed by atoms with E-state index in [0.717, 1.165) is 24.8 Å². The number of aliphatic imine (C=N–C) groups is 1. The predicted molar refractivity (Wildman–Crippen MR) is 119 cm³/mol. The highest BCUT2D eigenvalue weighted by Crippen LogP contribution is 2.17. The Balaban J connectivity index is 0.00000312. The van der Waals surface area contributed by atoms with Gasteiger partial charge in [-0.3, -0.25) is 4.99 Å². The molecule has 1 aromatic carbocycles. The maximum atomic E-state index is 5.66. The topological polar surface area (TPSA) is 45.7 Å². The number of halogens is 1. The fraction of sp³-hybridized carbons (Fsp3) is 0.421. The van der Waals surface area contributed by atoms with E-state index in [1.54, 1.807) is 18.4 Å². The Morgan fingerprint density at radius 3 is 2.40 bits per heavy atom. The molecule has 6 heteroatoms. The smallest absolute Gasteiger partial charge is 0.191 e. The van der Waals surface area contributed by atoms with E-state index in [1.807, 2.05) is 26.0 Å². The Morgan fingerprint density at radius 1 is 1.12 bits per heavy atom. The van der Waals surface area contributed by atoms with E-state index in [9.17, 15) is 0 Å². The number of guanidine groups is 1. The number of nitrogens with zero attached hydrogens (tertiary/aromatic N) is 1. The SMILES string of the molecule is CN=C(NCc1ccc(OC(C)C)cc1)NCC(C)c1ccsc1.I. The lowest BCUT2D eigenvalue weighted by atomic mass is 10.1. The first-order valence-electron chi connectivity index (χ1n) is 8.30. The van der Waals surface area contributed by atoms with E-state index in [0.29, 0.717) is 5.92 Å². The van der Waals surface area contributed by atoms with Crippen LogP contribution in [-0.2, 0) is 6.54 Å². The summed E-state index contributed by atoms with van der Waals surface area (Å²) in [5.74, 6) is 2.18. The van der Waals surface area contributed by atoms with Gasteiger partial charge in [0.05, 0.1) is 6.10 Å². The van der Waals surface area contributed by atoms with Gasteiger partial charge in [0, 0.05) is 20.1 Å². The second-order valence-corrected chi connectivity index (χ2v) is 6.85. The molecule has 0 radical (unpaired) electrons.